The number of benzene rings is 2. The molecular formula is C23H21ClF3NO4. The summed E-state index contributed by atoms with van der Waals surface area (Å²) >= 11 is 5.68. The number of nitrogens with zero attached hydrogens (tertiary/aromatic N) is 1. The van der Waals surface area contributed by atoms with Gasteiger partial charge in [0.15, 0.2) is 17.4 Å². The fourth-order valence-corrected chi connectivity index (χ4v) is 3.74. The highest BCUT2D eigenvalue weighted by Gasteiger charge is 2.31. The van der Waals surface area contributed by atoms with Crippen molar-refractivity contribution in [1.82, 2.24) is 4.57 Å². The number of unbranched alkanes of at least 4 members (excludes halogenated alkanes) is 1. The Balaban J connectivity index is 2.24. The summed E-state index contributed by atoms with van der Waals surface area (Å²) in [4.78, 5) is 25.8. The van der Waals surface area contributed by atoms with Gasteiger partial charge in [-0.15, -0.1) is 0 Å². The largest absolute Gasteiger partial charge is 0.503 e. The third kappa shape index (κ3) is 4.07. The number of phenolic OH excluding ortho intramolecular Hbond substituents is 1. The second-order valence-corrected chi connectivity index (χ2v) is 7.83. The summed E-state index contributed by atoms with van der Waals surface area (Å²) in [6, 6.07) is 4.16. The number of ether oxygens (including phenoxy) is 1. The number of hydrogen-bond donors (Lipinski definition) is 1. The van der Waals surface area contributed by atoms with Crippen molar-refractivity contribution in [2.24, 2.45) is 0 Å². The maximum Gasteiger partial charge on any atom is 0.313 e. The molecule has 0 bridgehead atoms. The van der Waals surface area contributed by atoms with E-state index in [-0.39, 0.29) is 39.4 Å². The molecule has 9 heteroatoms. The molecule has 1 N–H and O–H groups in total. The first-order chi connectivity index (χ1) is 15.1. The molecule has 1 atom stereocenters. The number of aromatic nitrogens is 1. The van der Waals surface area contributed by atoms with Crippen LogP contribution in [0.25, 0.3) is 10.9 Å². The van der Waals surface area contributed by atoms with Crippen LogP contribution in [0.4, 0.5) is 13.2 Å². The predicted octanol–water partition coefficient (Wildman–Crippen LogP) is 5.86. The molecule has 0 radical (unpaired) electrons. The van der Waals surface area contributed by atoms with Gasteiger partial charge in [-0.1, -0.05) is 24.9 Å². The molecule has 0 spiro atoms. The van der Waals surface area contributed by atoms with Gasteiger partial charge in [0.1, 0.15) is 5.82 Å². The molecular weight excluding hydrogens is 447 g/mol. The van der Waals surface area contributed by atoms with Crippen LogP contribution < -0.4 is 0 Å². The summed E-state index contributed by atoms with van der Waals surface area (Å²) in [6.45, 7) is 5.01. The van der Waals surface area contributed by atoms with Crippen LogP contribution in [0.2, 0.25) is 5.02 Å². The van der Waals surface area contributed by atoms with E-state index in [2.05, 4.69) is 0 Å². The molecule has 0 aliphatic rings. The zero-order chi connectivity index (χ0) is 23.7. The number of carbonyl (C=O) groups excluding carboxylic acids is 2. The number of hydrogen-bond acceptors (Lipinski definition) is 4. The Morgan fingerprint density at radius 2 is 1.88 bits per heavy atom. The van der Waals surface area contributed by atoms with Gasteiger partial charge < -0.3 is 9.84 Å². The lowest BCUT2D eigenvalue weighted by Crippen LogP contribution is -2.17. The number of esters is 1. The highest BCUT2D eigenvalue weighted by atomic mass is 35.5. The Bertz CT molecular complexity index is 1220. The minimum absolute atomic E-state index is 0.0667. The second-order valence-electron chi connectivity index (χ2n) is 7.43. The standard InChI is InChI=1S/C23H21ClF3NO4/c1-4-5-8-32-23(31)11(2)18-12(3)28(17-10-16(26)21(29)20(27)19(17)18)22(30)13-6-7-14(24)15(25)9-13/h6-7,9-11,29H,4-5,8H2,1-3H3/t11-/m1/s1. The molecule has 170 valence electrons. The van der Waals surface area contributed by atoms with E-state index < -0.39 is 41.0 Å². The highest BCUT2D eigenvalue weighted by molar-refractivity contribution is 6.30. The van der Waals surface area contributed by atoms with Crippen molar-refractivity contribution in [2.75, 3.05) is 6.61 Å². The number of carbonyl (C=O) groups is 2. The van der Waals surface area contributed by atoms with E-state index in [9.17, 15) is 27.9 Å². The van der Waals surface area contributed by atoms with Crippen LogP contribution in [0, 0.1) is 24.4 Å². The predicted molar refractivity (Wildman–Crippen MR) is 114 cm³/mol. The molecule has 0 unspecified atom stereocenters. The van der Waals surface area contributed by atoms with Crippen LogP contribution in [0.3, 0.4) is 0 Å². The maximum atomic E-state index is 15.0. The van der Waals surface area contributed by atoms with Gasteiger partial charge in [0, 0.05) is 22.7 Å². The van der Waals surface area contributed by atoms with Gasteiger partial charge in [0.25, 0.3) is 5.91 Å². The molecule has 0 fully saturated rings. The molecule has 0 aliphatic heterocycles. The number of halogens is 4. The van der Waals surface area contributed by atoms with Crippen LogP contribution in [0.1, 0.15) is 54.2 Å². The van der Waals surface area contributed by atoms with E-state index >= 15 is 0 Å². The number of fused-ring (bicyclic) bond motifs is 1. The molecule has 5 nitrogen and oxygen atoms in total. The molecule has 0 amide bonds. The Hall–Kier alpha value is -3.00. The maximum absolute atomic E-state index is 15.0. The second kappa shape index (κ2) is 9.24. The van der Waals surface area contributed by atoms with Gasteiger partial charge in [-0.05, 0) is 44.0 Å². The van der Waals surface area contributed by atoms with Crippen LogP contribution in [-0.4, -0.2) is 28.2 Å². The molecule has 0 saturated carbocycles. The Morgan fingerprint density at radius 1 is 1.19 bits per heavy atom. The highest BCUT2D eigenvalue weighted by Crippen LogP contribution is 2.39. The van der Waals surface area contributed by atoms with E-state index in [0.29, 0.717) is 6.42 Å². The van der Waals surface area contributed by atoms with Crippen molar-refractivity contribution in [3.05, 3.63) is 63.6 Å². The van der Waals surface area contributed by atoms with Gasteiger partial charge >= 0.3 is 5.97 Å². The zero-order valence-corrected chi connectivity index (χ0v) is 18.4. The van der Waals surface area contributed by atoms with Crippen molar-refractivity contribution in [3.63, 3.8) is 0 Å². The first-order valence-electron chi connectivity index (χ1n) is 9.98. The SMILES string of the molecule is CCCCOC(=O)[C@H](C)c1c(C)n(C(=O)c2ccc(Cl)c(F)c2)c2cc(F)c(O)c(F)c12. The van der Waals surface area contributed by atoms with Crippen molar-refractivity contribution < 1.29 is 32.6 Å². The Kier molecular flexibility index (Phi) is 6.83. The van der Waals surface area contributed by atoms with Crippen LogP contribution >= 0.6 is 11.6 Å². The van der Waals surface area contributed by atoms with Crippen LogP contribution in [0.5, 0.6) is 5.75 Å². The average Bonchev–Trinajstić information content (AvgIpc) is 3.04. The monoisotopic (exact) mass is 467 g/mol. The summed E-state index contributed by atoms with van der Waals surface area (Å²) in [5.41, 5.74) is -0.134. The minimum Gasteiger partial charge on any atom is -0.503 e. The topological polar surface area (TPSA) is 68.5 Å². The quantitative estimate of drug-likeness (QED) is 0.364. The van der Waals surface area contributed by atoms with Gasteiger partial charge in [-0.3, -0.25) is 14.2 Å². The lowest BCUT2D eigenvalue weighted by Gasteiger charge is -2.13. The average molecular weight is 468 g/mol. The summed E-state index contributed by atoms with van der Waals surface area (Å²) in [6.07, 6.45) is 1.44. The van der Waals surface area contributed by atoms with Crippen LogP contribution in [-0.2, 0) is 9.53 Å². The summed E-state index contributed by atoms with van der Waals surface area (Å²) in [5.74, 6) is -7.13. The normalized spacial score (nSPS) is 12.2. The van der Waals surface area contributed by atoms with Gasteiger partial charge in [-0.25, -0.2) is 13.2 Å². The van der Waals surface area contributed by atoms with Gasteiger partial charge in [0.2, 0.25) is 0 Å². The van der Waals surface area contributed by atoms with E-state index in [0.717, 1.165) is 23.1 Å². The molecule has 32 heavy (non-hydrogen) atoms. The fourth-order valence-electron chi connectivity index (χ4n) is 3.62. The first kappa shape index (κ1) is 23.7. The lowest BCUT2D eigenvalue weighted by atomic mass is 9.97. The van der Waals surface area contributed by atoms with Crippen molar-refractivity contribution in [1.29, 1.82) is 0 Å². The van der Waals surface area contributed by atoms with E-state index in [1.807, 2.05) is 6.92 Å². The van der Waals surface area contributed by atoms with Crippen LogP contribution in [0.15, 0.2) is 24.3 Å². The summed E-state index contributed by atoms with van der Waals surface area (Å²) in [7, 11) is 0. The van der Waals surface area contributed by atoms with Crippen molar-refractivity contribution in [3.8, 4) is 5.75 Å². The van der Waals surface area contributed by atoms with E-state index in [1.54, 1.807) is 0 Å². The fraction of sp³-hybridized carbons (Fsp3) is 0.304. The molecule has 3 aromatic rings. The number of rotatable bonds is 6. The zero-order valence-electron chi connectivity index (χ0n) is 17.6. The van der Waals surface area contributed by atoms with Gasteiger partial charge in [0.05, 0.1) is 23.1 Å². The number of phenols is 1. The minimum atomic E-state index is -1.31. The summed E-state index contributed by atoms with van der Waals surface area (Å²) < 4.78 is 49.3. The van der Waals surface area contributed by atoms with Crippen molar-refractivity contribution >= 4 is 34.4 Å². The lowest BCUT2D eigenvalue weighted by molar-refractivity contribution is -0.145. The first-order valence-corrected chi connectivity index (χ1v) is 10.4. The number of aromatic hydroxyl groups is 1. The molecule has 3 rings (SSSR count). The smallest absolute Gasteiger partial charge is 0.313 e. The van der Waals surface area contributed by atoms with Crippen molar-refractivity contribution in [2.45, 2.75) is 39.5 Å². The Morgan fingerprint density at radius 3 is 2.50 bits per heavy atom. The molecule has 2 aromatic carbocycles. The van der Waals surface area contributed by atoms with E-state index in [1.165, 1.54) is 26.0 Å². The third-order valence-corrected chi connectivity index (χ3v) is 5.61. The molecule has 0 aliphatic carbocycles. The molecule has 0 saturated heterocycles. The molecule has 1 heterocycles. The van der Waals surface area contributed by atoms with Gasteiger partial charge in [-0.2, -0.15) is 0 Å². The molecule has 1 aromatic heterocycles. The Labute approximate surface area is 187 Å². The van der Waals surface area contributed by atoms with E-state index in [4.69, 9.17) is 16.3 Å². The third-order valence-electron chi connectivity index (χ3n) is 5.31. The summed E-state index contributed by atoms with van der Waals surface area (Å²) in [5, 5.41) is 9.34.